The van der Waals surface area contributed by atoms with Gasteiger partial charge in [-0.1, -0.05) is 189 Å². The van der Waals surface area contributed by atoms with Gasteiger partial charge in [-0.25, -0.2) is 4.99 Å². The molecule has 1 atom stereocenters. The summed E-state index contributed by atoms with van der Waals surface area (Å²) >= 11 is 0. The van der Waals surface area contributed by atoms with E-state index < -0.39 is 5.41 Å². The van der Waals surface area contributed by atoms with Crippen molar-refractivity contribution in [2.45, 2.75) is 12.3 Å². The minimum Gasteiger partial charge on any atom is -0.309 e. The van der Waals surface area contributed by atoms with Crippen molar-refractivity contribution in [3.8, 4) is 27.9 Å². The lowest BCUT2D eigenvalue weighted by molar-refractivity contribution is 0.794. The summed E-state index contributed by atoms with van der Waals surface area (Å²) in [6, 6.07) is 75.0. The van der Waals surface area contributed by atoms with Gasteiger partial charge in [0, 0.05) is 27.6 Å². The molecule has 2 nitrogen and oxygen atoms in total. The Morgan fingerprint density at radius 1 is 0.492 bits per heavy atom. The molecular formula is C59H40N2. The van der Waals surface area contributed by atoms with E-state index in [0.29, 0.717) is 0 Å². The van der Waals surface area contributed by atoms with Crippen LogP contribution in [0.25, 0.3) is 71.8 Å². The molecule has 1 heterocycles. The second-order valence-electron chi connectivity index (χ2n) is 16.3. The summed E-state index contributed by atoms with van der Waals surface area (Å²) in [4.78, 5) is 5.56. The van der Waals surface area contributed by atoms with Gasteiger partial charge in [-0.3, -0.25) is 0 Å². The van der Waals surface area contributed by atoms with Crippen molar-refractivity contribution >= 4 is 49.6 Å². The highest BCUT2D eigenvalue weighted by molar-refractivity contribution is 6.15. The normalized spacial score (nSPS) is 15.3. The summed E-state index contributed by atoms with van der Waals surface area (Å²) in [6.07, 6.45) is 2.22. The van der Waals surface area contributed by atoms with E-state index in [1.165, 1.54) is 77.1 Å². The molecule has 0 saturated heterocycles. The molecule has 0 N–H and O–H groups in total. The summed E-state index contributed by atoms with van der Waals surface area (Å²) in [5, 5.41) is 5.02. The maximum Gasteiger partial charge on any atom is 0.0725 e. The lowest BCUT2D eigenvalue weighted by Gasteiger charge is -2.30. The first kappa shape index (κ1) is 35.2. The second kappa shape index (κ2) is 13.6. The molecule has 0 aliphatic heterocycles. The van der Waals surface area contributed by atoms with Crippen LogP contribution in [0.5, 0.6) is 0 Å². The number of nitrogens with zero attached hydrogens (tertiary/aromatic N) is 2. The molecule has 10 aromatic rings. The Morgan fingerprint density at radius 2 is 1.05 bits per heavy atom. The number of para-hydroxylation sites is 2. The van der Waals surface area contributed by atoms with Gasteiger partial charge in [0.2, 0.25) is 0 Å². The zero-order valence-electron chi connectivity index (χ0n) is 33.8. The Labute approximate surface area is 355 Å². The summed E-state index contributed by atoms with van der Waals surface area (Å²) in [5.41, 5.74) is 19.1. The monoisotopic (exact) mass is 776 g/mol. The molecule has 0 saturated carbocycles. The third-order valence-corrected chi connectivity index (χ3v) is 13.1. The lowest BCUT2D eigenvalue weighted by atomic mass is 9.70. The van der Waals surface area contributed by atoms with Crippen LogP contribution in [0.1, 0.15) is 45.9 Å². The number of aromatic nitrogens is 1. The van der Waals surface area contributed by atoms with E-state index in [1.807, 2.05) is 0 Å². The zero-order chi connectivity index (χ0) is 40.7. The average Bonchev–Trinajstić information content (AvgIpc) is 3.94. The Balaban J connectivity index is 1.07. The molecule has 2 aliphatic carbocycles. The van der Waals surface area contributed by atoms with Gasteiger partial charge in [0.25, 0.3) is 0 Å². The minimum absolute atomic E-state index is 0.481. The van der Waals surface area contributed by atoms with Crippen LogP contribution in [0.3, 0.4) is 0 Å². The molecule has 0 radical (unpaired) electrons. The summed E-state index contributed by atoms with van der Waals surface area (Å²) < 4.78 is 2.37. The van der Waals surface area contributed by atoms with Crippen molar-refractivity contribution in [3.63, 3.8) is 0 Å². The maximum absolute atomic E-state index is 5.56. The fraction of sp³-hybridized carbons (Fsp3) is 0.0339. The third-order valence-electron chi connectivity index (χ3n) is 13.1. The molecule has 2 aliphatic rings. The molecule has 9 aromatic carbocycles. The molecule has 286 valence electrons. The van der Waals surface area contributed by atoms with E-state index in [9.17, 15) is 0 Å². The average molecular weight is 777 g/mol. The van der Waals surface area contributed by atoms with E-state index in [4.69, 9.17) is 11.6 Å². The first-order chi connectivity index (χ1) is 30.1. The molecule has 12 rings (SSSR count). The van der Waals surface area contributed by atoms with Crippen molar-refractivity contribution in [1.29, 1.82) is 0 Å². The van der Waals surface area contributed by atoms with Crippen LogP contribution in [0.2, 0.25) is 0 Å². The third kappa shape index (κ3) is 5.12. The van der Waals surface area contributed by atoms with Gasteiger partial charge in [-0.15, -0.1) is 0 Å². The molecular weight excluding hydrogens is 737 g/mol. The number of aliphatic imine (C=N–C) groups is 1. The van der Waals surface area contributed by atoms with Gasteiger partial charge in [0.05, 0.1) is 27.9 Å². The molecule has 1 aromatic heterocycles. The van der Waals surface area contributed by atoms with Crippen molar-refractivity contribution in [2.75, 3.05) is 0 Å². The van der Waals surface area contributed by atoms with Crippen molar-refractivity contribution in [3.05, 3.63) is 258 Å². The number of allylic oxidation sites excluding steroid dienone is 2. The standard InChI is InChI=1S/C59H40N2/c1-38(40-18-4-3-5-19-40)36-54(42-21-16-22-43(37-42)61-55-32-14-10-24-46(55)47-25-11-15-33-56(47)61)60-39(2)44-28-17-31-52-57(44)48-26-8-12-29-50(48)59(52)51-30-13-9-27-49(51)58-45-23-7-6-20-41(45)34-35-53(58)59/h3-37H,2H2,1H3/b38-36+,60-54+. The van der Waals surface area contributed by atoms with Gasteiger partial charge in [-0.2, -0.15) is 0 Å². The van der Waals surface area contributed by atoms with E-state index in [2.05, 4.69) is 224 Å². The molecule has 2 heteroatoms. The van der Waals surface area contributed by atoms with Crippen LogP contribution in [0.15, 0.2) is 224 Å². The number of rotatable bonds is 6. The van der Waals surface area contributed by atoms with E-state index in [1.54, 1.807) is 0 Å². The number of benzene rings is 9. The first-order valence-corrected chi connectivity index (χ1v) is 21.1. The molecule has 61 heavy (non-hydrogen) atoms. The highest BCUT2D eigenvalue weighted by Gasteiger charge is 2.52. The highest BCUT2D eigenvalue weighted by Crippen LogP contribution is 2.64. The van der Waals surface area contributed by atoms with Crippen LogP contribution in [0.4, 0.5) is 0 Å². The van der Waals surface area contributed by atoms with Gasteiger partial charge in [0.1, 0.15) is 0 Å². The largest absolute Gasteiger partial charge is 0.309 e. The van der Waals surface area contributed by atoms with E-state index in [0.717, 1.165) is 39.4 Å². The van der Waals surface area contributed by atoms with Crippen molar-refractivity contribution in [2.24, 2.45) is 4.99 Å². The summed E-state index contributed by atoms with van der Waals surface area (Å²) in [6.45, 7) is 6.97. The highest BCUT2D eigenvalue weighted by atomic mass is 15.0. The lowest BCUT2D eigenvalue weighted by Crippen LogP contribution is -2.25. The Bertz CT molecular complexity index is 3450. The van der Waals surface area contributed by atoms with Crippen LogP contribution < -0.4 is 0 Å². The Morgan fingerprint density at radius 3 is 1.79 bits per heavy atom. The predicted octanol–water partition coefficient (Wildman–Crippen LogP) is 14.8. The Hall–Kier alpha value is -7.81. The van der Waals surface area contributed by atoms with Crippen molar-refractivity contribution in [1.82, 2.24) is 4.57 Å². The first-order valence-electron chi connectivity index (χ1n) is 21.1. The smallest absolute Gasteiger partial charge is 0.0725 e. The van der Waals surface area contributed by atoms with E-state index >= 15 is 0 Å². The van der Waals surface area contributed by atoms with Gasteiger partial charge in [0.15, 0.2) is 0 Å². The second-order valence-corrected chi connectivity index (χ2v) is 16.3. The number of hydrogen-bond donors (Lipinski definition) is 0. The molecule has 1 spiro atoms. The minimum atomic E-state index is -0.481. The van der Waals surface area contributed by atoms with Gasteiger partial charge < -0.3 is 4.57 Å². The van der Waals surface area contributed by atoms with Crippen LogP contribution in [0, 0.1) is 0 Å². The summed E-state index contributed by atoms with van der Waals surface area (Å²) in [5.74, 6) is 0. The van der Waals surface area contributed by atoms with Crippen LogP contribution in [-0.2, 0) is 5.41 Å². The molecule has 1 unspecified atom stereocenters. The summed E-state index contributed by atoms with van der Waals surface area (Å²) in [7, 11) is 0. The number of hydrogen-bond acceptors (Lipinski definition) is 1. The SMILES string of the molecule is C=C(/N=C(\C=C(/C)c1ccccc1)c1cccc(-n2c3ccccc3c3ccccc32)c1)c1cccc2c1-c1ccccc1C21c2ccccc2-c2c1ccc1ccccc21. The van der Waals surface area contributed by atoms with Crippen molar-refractivity contribution < 1.29 is 0 Å². The zero-order valence-corrected chi connectivity index (χ0v) is 33.8. The topological polar surface area (TPSA) is 17.3 Å². The molecule has 0 amide bonds. The Kier molecular flexibility index (Phi) is 7.85. The quantitative estimate of drug-likeness (QED) is 0.150. The molecule has 0 bridgehead atoms. The van der Waals surface area contributed by atoms with Crippen LogP contribution in [-0.4, -0.2) is 10.3 Å². The maximum atomic E-state index is 5.56. The fourth-order valence-electron chi connectivity index (χ4n) is 10.6. The van der Waals surface area contributed by atoms with Crippen LogP contribution >= 0.6 is 0 Å². The molecule has 0 fully saturated rings. The van der Waals surface area contributed by atoms with Gasteiger partial charge >= 0.3 is 0 Å². The number of fused-ring (bicyclic) bond motifs is 15. The van der Waals surface area contributed by atoms with Gasteiger partial charge in [-0.05, 0) is 104 Å². The van der Waals surface area contributed by atoms with E-state index in [-0.39, 0.29) is 0 Å². The predicted molar refractivity (Wildman–Crippen MR) is 257 cm³/mol. The fourth-order valence-corrected chi connectivity index (χ4v) is 10.6.